The summed E-state index contributed by atoms with van der Waals surface area (Å²) in [4.78, 5) is 6.67. The molecule has 0 saturated carbocycles. The zero-order valence-corrected chi connectivity index (χ0v) is 20.1. The number of rotatable bonds is 7. The van der Waals surface area contributed by atoms with Crippen LogP contribution in [-0.4, -0.2) is 64.6 Å². The van der Waals surface area contributed by atoms with E-state index in [2.05, 4.69) is 26.6 Å². The van der Waals surface area contributed by atoms with E-state index in [1.807, 2.05) is 24.3 Å². The van der Waals surface area contributed by atoms with Gasteiger partial charge in [0.15, 0.2) is 5.96 Å². The molecule has 0 radical (unpaired) electrons. The molecule has 8 heteroatoms. The number of guanidine groups is 1. The van der Waals surface area contributed by atoms with Crippen LogP contribution >= 0.6 is 24.0 Å². The van der Waals surface area contributed by atoms with Gasteiger partial charge in [0.05, 0.1) is 17.4 Å². The summed E-state index contributed by atoms with van der Waals surface area (Å²) in [7, 11) is 1.80. The molecule has 0 aromatic heterocycles. The second-order valence-electron chi connectivity index (χ2n) is 7.59. The van der Waals surface area contributed by atoms with Crippen molar-refractivity contribution in [2.75, 3.05) is 51.4 Å². The van der Waals surface area contributed by atoms with E-state index >= 15 is 0 Å². The lowest BCUT2D eigenvalue weighted by Crippen LogP contribution is -2.51. The first kappa shape index (κ1) is 24.7. The molecule has 2 fully saturated rings. The summed E-state index contributed by atoms with van der Waals surface area (Å²) in [5.41, 5.74) is 1.76. The maximum absolute atomic E-state index is 9.38. The van der Waals surface area contributed by atoms with Crippen molar-refractivity contribution in [2.45, 2.75) is 44.2 Å². The van der Waals surface area contributed by atoms with Crippen LogP contribution in [0.15, 0.2) is 29.3 Å². The second-order valence-corrected chi connectivity index (χ2v) is 7.59. The molecule has 0 bridgehead atoms. The molecule has 1 aromatic rings. The number of piperidine rings is 1. The highest BCUT2D eigenvalue weighted by Gasteiger charge is 2.22. The van der Waals surface area contributed by atoms with E-state index < -0.39 is 0 Å². The Hall–Kier alpha value is -1.57. The van der Waals surface area contributed by atoms with E-state index in [-0.39, 0.29) is 24.0 Å². The molecule has 0 spiro atoms. The first-order chi connectivity index (χ1) is 14.3. The van der Waals surface area contributed by atoms with Crippen molar-refractivity contribution in [3.05, 3.63) is 29.8 Å². The summed E-state index contributed by atoms with van der Waals surface area (Å²) >= 11 is 0. The van der Waals surface area contributed by atoms with Crippen LogP contribution in [0, 0.1) is 11.3 Å². The van der Waals surface area contributed by atoms with Gasteiger partial charge in [-0.3, -0.25) is 4.99 Å². The average Bonchev–Trinajstić information content (AvgIpc) is 2.79. The van der Waals surface area contributed by atoms with E-state index in [1.54, 1.807) is 7.05 Å². The Morgan fingerprint density at radius 2 is 2.10 bits per heavy atom. The number of nitriles is 1. The highest BCUT2D eigenvalue weighted by Crippen LogP contribution is 2.23. The number of hydrogen-bond donors (Lipinski definition) is 2. The van der Waals surface area contributed by atoms with Crippen LogP contribution < -0.4 is 15.5 Å². The molecule has 2 N–H and O–H groups in total. The number of halogens is 1. The Labute approximate surface area is 197 Å². The fraction of sp³-hybridized carbons (Fsp3) is 0.636. The van der Waals surface area contributed by atoms with Gasteiger partial charge in [0.1, 0.15) is 6.07 Å². The second kappa shape index (κ2) is 13.7. The third-order valence-electron chi connectivity index (χ3n) is 5.49. The number of nitrogens with zero attached hydrogens (tertiary/aromatic N) is 3. The zero-order valence-electron chi connectivity index (χ0n) is 17.8. The van der Waals surface area contributed by atoms with Gasteiger partial charge in [-0.2, -0.15) is 5.26 Å². The normalized spacial score (nSPS) is 20.2. The molecule has 1 aromatic carbocycles. The largest absolute Gasteiger partial charge is 0.381 e. The summed E-state index contributed by atoms with van der Waals surface area (Å²) in [6.45, 7) is 5.07. The van der Waals surface area contributed by atoms with Crippen LogP contribution in [0.4, 0.5) is 5.69 Å². The molecule has 1 unspecified atom stereocenters. The van der Waals surface area contributed by atoms with Crippen molar-refractivity contribution in [3.8, 4) is 6.07 Å². The third-order valence-corrected chi connectivity index (χ3v) is 5.49. The molecule has 0 aliphatic carbocycles. The number of aliphatic imine (C=N–C) groups is 1. The molecule has 2 saturated heterocycles. The van der Waals surface area contributed by atoms with Crippen LogP contribution in [0.5, 0.6) is 0 Å². The van der Waals surface area contributed by atoms with Crippen molar-refractivity contribution in [2.24, 2.45) is 4.99 Å². The molecule has 2 aliphatic heterocycles. The highest BCUT2D eigenvalue weighted by molar-refractivity contribution is 14.0. The molecule has 7 nitrogen and oxygen atoms in total. The maximum Gasteiger partial charge on any atom is 0.191 e. The molecule has 1 atom stereocenters. The molecule has 3 rings (SSSR count). The van der Waals surface area contributed by atoms with Gasteiger partial charge in [0.25, 0.3) is 0 Å². The highest BCUT2D eigenvalue weighted by atomic mass is 127. The van der Waals surface area contributed by atoms with Crippen molar-refractivity contribution in [1.82, 2.24) is 10.6 Å². The van der Waals surface area contributed by atoms with Gasteiger partial charge < -0.3 is 25.0 Å². The van der Waals surface area contributed by atoms with Crippen molar-refractivity contribution >= 4 is 35.6 Å². The number of hydrogen-bond acceptors (Lipinski definition) is 5. The van der Waals surface area contributed by atoms with Crippen LogP contribution in [0.25, 0.3) is 0 Å². The summed E-state index contributed by atoms with van der Waals surface area (Å²) in [5, 5.41) is 16.3. The number of nitrogens with one attached hydrogen (secondary N) is 2. The van der Waals surface area contributed by atoms with Gasteiger partial charge in [-0.25, -0.2) is 0 Å². The first-order valence-corrected chi connectivity index (χ1v) is 10.7. The van der Waals surface area contributed by atoms with E-state index in [1.165, 1.54) is 0 Å². The Kier molecular flexibility index (Phi) is 11.3. The van der Waals surface area contributed by atoms with Crippen LogP contribution in [0.3, 0.4) is 0 Å². The van der Waals surface area contributed by atoms with E-state index in [0.29, 0.717) is 12.1 Å². The standard InChI is InChI=1S/C22H33N5O2.HI/c1-24-22(25-11-5-13-29-20-9-14-28-15-10-20)26-19-7-4-12-27(17-19)21-8-3-2-6-18(21)16-23;/h2-3,6,8,19-20H,4-5,7,9-15,17H2,1H3,(H2,24,25,26);1H. The smallest absolute Gasteiger partial charge is 0.191 e. The van der Waals surface area contributed by atoms with Crippen LogP contribution in [0.1, 0.15) is 37.7 Å². The minimum Gasteiger partial charge on any atom is -0.381 e. The average molecular weight is 527 g/mol. The fourth-order valence-electron chi connectivity index (χ4n) is 3.92. The topological polar surface area (TPSA) is 81.9 Å². The molecule has 2 heterocycles. The predicted molar refractivity (Wildman–Crippen MR) is 131 cm³/mol. The monoisotopic (exact) mass is 527 g/mol. The summed E-state index contributed by atoms with van der Waals surface area (Å²) < 4.78 is 11.3. The Morgan fingerprint density at radius 3 is 2.87 bits per heavy atom. The lowest BCUT2D eigenvalue weighted by molar-refractivity contribution is -0.0320. The Morgan fingerprint density at radius 1 is 1.30 bits per heavy atom. The minimum atomic E-state index is 0. The van der Waals surface area contributed by atoms with Gasteiger partial charge in [-0.15, -0.1) is 24.0 Å². The SMILES string of the molecule is CN=C(NCCCOC1CCOCC1)NC1CCCN(c2ccccc2C#N)C1.I. The van der Waals surface area contributed by atoms with Gasteiger partial charge in [-0.1, -0.05) is 12.1 Å². The minimum absolute atomic E-state index is 0. The molecule has 166 valence electrons. The Balaban J connectivity index is 0.00000320. The van der Waals surface area contributed by atoms with E-state index in [0.717, 1.165) is 88.8 Å². The molecular formula is C22H34IN5O2. The van der Waals surface area contributed by atoms with Gasteiger partial charge in [-0.05, 0) is 44.2 Å². The predicted octanol–water partition coefficient (Wildman–Crippen LogP) is 2.90. The van der Waals surface area contributed by atoms with Crippen LogP contribution in [0.2, 0.25) is 0 Å². The van der Waals surface area contributed by atoms with Gasteiger partial charge in [0.2, 0.25) is 0 Å². The number of anilines is 1. The quantitative estimate of drug-likeness (QED) is 0.246. The summed E-state index contributed by atoms with van der Waals surface area (Å²) in [6.07, 6.45) is 5.50. The molecule has 0 amide bonds. The van der Waals surface area contributed by atoms with Crippen molar-refractivity contribution in [1.29, 1.82) is 5.26 Å². The Bertz CT molecular complexity index is 703. The zero-order chi connectivity index (χ0) is 20.3. The summed E-state index contributed by atoms with van der Waals surface area (Å²) in [6, 6.07) is 10.4. The van der Waals surface area contributed by atoms with Gasteiger partial charge >= 0.3 is 0 Å². The van der Waals surface area contributed by atoms with Crippen LogP contribution in [-0.2, 0) is 9.47 Å². The van der Waals surface area contributed by atoms with Crippen molar-refractivity contribution in [3.63, 3.8) is 0 Å². The van der Waals surface area contributed by atoms with Crippen molar-refractivity contribution < 1.29 is 9.47 Å². The molecule has 2 aliphatic rings. The van der Waals surface area contributed by atoms with Gasteiger partial charge in [0, 0.05) is 52.5 Å². The number of benzene rings is 1. The maximum atomic E-state index is 9.38. The molecule has 30 heavy (non-hydrogen) atoms. The first-order valence-electron chi connectivity index (χ1n) is 10.7. The van der Waals surface area contributed by atoms with E-state index in [4.69, 9.17) is 9.47 Å². The fourth-order valence-corrected chi connectivity index (χ4v) is 3.92. The van der Waals surface area contributed by atoms with E-state index in [9.17, 15) is 5.26 Å². The summed E-state index contributed by atoms with van der Waals surface area (Å²) in [5.74, 6) is 0.830. The number of ether oxygens (including phenoxy) is 2. The third kappa shape index (κ3) is 7.60. The lowest BCUT2D eigenvalue weighted by Gasteiger charge is -2.35. The number of para-hydroxylation sites is 1. The lowest BCUT2D eigenvalue weighted by atomic mass is 10.0. The molecular weight excluding hydrogens is 493 g/mol.